The number of aromatic nitrogens is 4. The van der Waals surface area contributed by atoms with Crippen LogP contribution in [0.2, 0.25) is 0 Å². The van der Waals surface area contributed by atoms with E-state index >= 15 is 0 Å². The molecule has 240 valence electrons. The van der Waals surface area contributed by atoms with Crippen LogP contribution in [-0.2, 0) is 4.74 Å². The minimum absolute atomic E-state index is 0.0579. The maximum atomic E-state index is 15.0. The van der Waals surface area contributed by atoms with Crippen molar-refractivity contribution in [3.63, 3.8) is 0 Å². The first-order valence-electron chi connectivity index (χ1n) is 15.6. The molecule has 2 aliphatic heterocycles. The highest BCUT2D eigenvalue weighted by molar-refractivity contribution is 5.93. The van der Waals surface area contributed by atoms with Gasteiger partial charge in [0.15, 0.2) is 5.82 Å². The minimum Gasteiger partial charge on any atom is -0.444 e. The molecular weight excluding hydrogens is 579 g/mol. The van der Waals surface area contributed by atoms with Gasteiger partial charge in [-0.3, -0.25) is 4.79 Å². The number of aryl methyl sites for hydroxylation is 1. The average molecular weight is 621 g/mol. The molecule has 0 spiro atoms. The van der Waals surface area contributed by atoms with Crippen molar-refractivity contribution >= 4 is 24.0 Å². The molecule has 0 bridgehead atoms. The maximum absolute atomic E-state index is 15.0. The number of hydrogen-bond acceptors (Lipinski definition) is 10. The van der Waals surface area contributed by atoms with Crippen LogP contribution in [0.15, 0.2) is 35.1 Å². The summed E-state index contributed by atoms with van der Waals surface area (Å²) < 4.78 is 26.0. The molecule has 4 heterocycles. The smallest absolute Gasteiger partial charge is 0.407 e. The van der Waals surface area contributed by atoms with Crippen molar-refractivity contribution in [2.45, 2.75) is 82.9 Å². The molecule has 3 aromatic rings. The van der Waals surface area contributed by atoms with Crippen LogP contribution in [0, 0.1) is 12.7 Å². The number of benzene rings is 1. The summed E-state index contributed by atoms with van der Waals surface area (Å²) in [6.45, 7) is 9.47. The van der Waals surface area contributed by atoms with Gasteiger partial charge in [0, 0.05) is 63.5 Å². The highest BCUT2D eigenvalue weighted by atomic mass is 19.1. The van der Waals surface area contributed by atoms with Crippen molar-refractivity contribution < 1.29 is 23.2 Å². The Morgan fingerprint density at radius 3 is 2.44 bits per heavy atom. The van der Waals surface area contributed by atoms with E-state index in [9.17, 15) is 14.0 Å². The van der Waals surface area contributed by atoms with E-state index in [-0.39, 0.29) is 23.7 Å². The number of amides is 2. The molecule has 2 saturated heterocycles. The van der Waals surface area contributed by atoms with Gasteiger partial charge in [-0.05, 0) is 65.0 Å². The number of rotatable bonds is 7. The Labute approximate surface area is 262 Å². The van der Waals surface area contributed by atoms with Crippen LogP contribution in [0.25, 0.3) is 0 Å². The number of halogens is 1. The van der Waals surface area contributed by atoms with Crippen molar-refractivity contribution in [2.24, 2.45) is 0 Å². The van der Waals surface area contributed by atoms with Gasteiger partial charge < -0.3 is 29.3 Å². The summed E-state index contributed by atoms with van der Waals surface area (Å²) in [5.41, 5.74) is 1.15. The number of anilines is 2. The van der Waals surface area contributed by atoms with E-state index in [0.717, 1.165) is 50.2 Å². The Hall–Kier alpha value is -4.29. The first kappa shape index (κ1) is 30.7. The predicted octanol–water partition coefficient (Wildman–Crippen LogP) is 4.42. The van der Waals surface area contributed by atoms with E-state index in [1.807, 2.05) is 24.9 Å². The van der Waals surface area contributed by atoms with Crippen molar-refractivity contribution in [3.8, 4) is 0 Å². The van der Waals surface area contributed by atoms with Crippen molar-refractivity contribution in [1.29, 1.82) is 0 Å². The lowest BCUT2D eigenvalue weighted by Gasteiger charge is -2.35. The summed E-state index contributed by atoms with van der Waals surface area (Å²) in [6, 6.07) is 5.16. The molecule has 3 aliphatic rings. The van der Waals surface area contributed by atoms with Gasteiger partial charge in [0.25, 0.3) is 5.91 Å². The molecule has 2 atom stereocenters. The van der Waals surface area contributed by atoms with Crippen LogP contribution in [-0.4, -0.2) is 87.9 Å². The molecular formula is C32H41FN8O4. The summed E-state index contributed by atoms with van der Waals surface area (Å²) in [6.07, 6.45) is 6.30. The van der Waals surface area contributed by atoms with Gasteiger partial charge in [-0.15, -0.1) is 0 Å². The summed E-state index contributed by atoms with van der Waals surface area (Å²) in [5, 5.41) is 7.05. The van der Waals surface area contributed by atoms with Gasteiger partial charge in [0.05, 0.1) is 11.6 Å². The largest absolute Gasteiger partial charge is 0.444 e. The van der Waals surface area contributed by atoms with Crippen LogP contribution < -0.4 is 15.1 Å². The molecule has 6 rings (SSSR count). The van der Waals surface area contributed by atoms with E-state index < -0.39 is 17.7 Å². The predicted molar refractivity (Wildman–Crippen MR) is 165 cm³/mol. The lowest BCUT2D eigenvalue weighted by Crippen LogP contribution is -2.45. The van der Waals surface area contributed by atoms with E-state index in [0.29, 0.717) is 42.1 Å². The van der Waals surface area contributed by atoms with E-state index in [4.69, 9.17) is 9.26 Å². The van der Waals surface area contributed by atoms with Crippen LogP contribution in [0.4, 0.5) is 21.1 Å². The zero-order valence-electron chi connectivity index (χ0n) is 26.5. The van der Waals surface area contributed by atoms with Gasteiger partial charge in [0.1, 0.15) is 11.4 Å². The molecule has 2 amide bonds. The maximum Gasteiger partial charge on any atom is 0.407 e. The van der Waals surface area contributed by atoms with Gasteiger partial charge in [0.2, 0.25) is 5.95 Å². The fourth-order valence-electron chi connectivity index (χ4n) is 6.11. The first-order chi connectivity index (χ1) is 21.4. The lowest BCUT2D eigenvalue weighted by atomic mass is 9.92. The zero-order chi connectivity index (χ0) is 31.9. The highest BCUT2D eigenvalue weighted by Crippen LogP contribution is 2.39. The summed E-state index contributed by atoms with van der Waals surface area (Å²) >= 11 is 0. The fourth-order valence-corrected chi connectivity index (χ4v) is 6.11. The number of nitrogens with zero attached hydrogens (tertiary/aromatic N) is 7. The van der Waals surface area contributed by atoms with E-state index in [1.165, 1.54) is 18.5 Å². The van der Waals surface area contributed by atoms with Gasteiger partial charge >= 0.3 is 12.1 Å². The van der Waals surface area contributed by atoms with Gasteiger partial charge in [-0.2, -0.15) is 4.98 Å². The Morgan fingerprint density at radius 1 is 1.07 bits per heavy atom. The van der Waals surface area contributed by atoms with Crippen LogP contribution >= 0.6 is 0 Å². The Kier molecular flexibility index (Phi) is 8.36. The number of nitrogens with one attached hydrogen (secondary N) is 1. The lowest BCUT2D eigenvalue weighted by molar-refractivity contribution is 0.0504. The van der Waals surface area contributed by atoms with Crippen LogP contribution in [0.3, 0.4) is 0 Å². The molecule has 13 heteroatoms. The van der Waals surface area contributed by atoms with Crippen molar-refractivity contribution in [1.82, 2.24) is 30.3 Å². The Balaban J connectivity index is 1.10. The Bertz CT molecular complexity index is 1530. The third-order valence-electron chi connectivity index (χ3n) is 8.72. The fraction of sp³-hybridized carbons (Fsp3) is 0.562. The van der Waals surface area contributed by atoms with Gasteiger partial charge in [-0.1, -0.05) is 22.9 Å². The van der Waals surface area contributed by atoms with E-state index in [2.05, 4.69) is 30.3 Å². The molecule has 2 aromatic heterocycles. The standard InChI is InChI=1S/C32H41FN8O4/c1-19-6-9-25(33)23(14-19)24-17-41(18-26(24)36-31(43)44-32(2,3)4)29-34-15-21(16-35-29)28(42)39(5)22-10-12-40(13-11-22)30-37-27(38-45-30)20-7-8-20/h6,9,14-16,20,22,24,26H,7-8,10-13,17-18H2,1-5H3,(H,36,43). The molecule has 1 saturated carbocycles. The number of carbonyl (C=O) groups is 2. The first-order valence-corrected chi connectivity index (χ1v) is 15.6. The Morgan fingerprint density at radius 2 is 1.78 bits per heavy atom. The highest BCUT2D eigenvalue weighted by Gasteiger charge is 2.39. The van der Waals surface area contributed by atoms with Crippen molar-refractivity contribution in [2.75, 3.05) is 43.0 Å². The summed E-state index contributed by atoms with van der Waals surface area (Å²) in [7, 11) is 1.81. The zero-order valence-corrected chi connectivity index (χ0v) is 26.5. The molecule has 0 radical (unpaired) electrons. The SMILES string of the molecule is Cc1ccc(F)c(C2CN(c3ncc(C(=O)N(C)C4CCN(c5nc(C6CC6)no5)CC4)cn3)CC2NC(=O)OC(C)(C)C)c1. The summed E-state index contributed by atoms with van der Waals surface area (Å²) in [5.74, 6) is 0.796. The normalized spacial score (nSPS) is 20.8. The number of hydrogen-bond donors (Lipinski definition) is 1. The molecule has 1 N–H and O–H groups in total. The number of piperidine rings is 1. The third-order valence-corrected chi connectivity index (χ3v) is 8.72. The van der Waals surface area contributed by atoms with Gasteiger partial charge in [-0.25, -0.2) is 19.2 Å². The molecule has 2 unspecified atom stereocenters. The third kappa shape index (κ3) is 7.02. The monoisotopic (exact) mass is 620 g/mol. The van der Waals surface area contributed by atoms with Crippen LogP contribution in [0.5, 0.6) is 0 Å². The second-order valence-electron chi connectivity index (χ2n) is 13.4. The molecule has 1 aromatic carbocycles. The minimum atomic E-state index is -0.671. The number of alkyl carbamates (subject to hydrolysis) is 1. The molecule has 12 nitrogen and oxygen atoms in total. The van der Waals surface area contributed by atoms with Crippen molar-refractivity contribution in [3.05, 3.63) is 58.9 Å². The quantitative estimate of drug-likeness (QED) is 0.405. The number of ether oxygens (including phenoxy) is 1. The topological polar surface area (TPSA) is 130 Å². The van der Waals surface area contributed by atoms with E-state index in [1.54, 1.807) is 31.7 Å². The van der Waals surface area contributed by atoms with Crippen LogP contribution in [0.1, 0.15) is 85.6 Å². The molecule has 45 heavy (non-hydrogen) atoms. The second kappa shape index (κ2) is 12.2. The number of carbonyl (C=O) groups excluding carboxylic acids is 2. The summed E-state index contributed by atoms with van der Waals surface area (Å²) in [4.78, 5) is 45.4. The molecule has 1 aliphatic carbocycles. The molecule has 3 fully saturated rings. The second-order valence-corrected chi connectivity index (χ2v) is 13.4. The average Bonchev–Trinajstić information content (AvgIpc) is 3.59.